The summed E-state index contributed by atoms with van der Waals surface area (Å²) in [6.45, 7) is 2.19. The Morgan fingerprint density at radius 2 is 2.12 bits per heavy atom. The van der Waals surface area contributed by atoms with E-state index in [0.717, 1.165) is 28.1 Å². The number of hydrogen-bond donors (Lipinski definition) is 1. The second-order valence-corrected chi connectivity index (χ2v) is 6.55. The third-order valence-corrected chi connectivity index (χ3v) is 4.53. The topological polar surface area (TPSA) is 63.8 Å². The molecular weight excluding hydrogens is 347 g/mol. The van der Waals surface area contributed by atoms with Gasteiger partial charge in [0.1, 0.15) is 12.1 Å². The van der Waals surface area contributed by atoms with E-state index in [1.807, 2.05) is 19.3 Å². The van der Waals surface area contributed by atoms with Crippen molar-refractivity contribution in [2.75, 3.05) is 17.3 Å². The average molecular weight is 365 g/mol. The van der Waals surface area contributed by atoms with E-state index in [9.17, 15) is 13.2 Å². The Balaban J connectivity index is 1.54. The van der Waals surface area contributed by atoms with E-state index in [0.29, 0.717) is 24.1 Å². The van der Waals surface area contributed by atoms with Crippen LogP contribution in [0.4, 0.5) is 24.9 Å². The maximum atomic E-state index is 12.4. The maximum absolute atomic E-state index is 12.4. The molecule has 0 bridgehead atoms. The Morgan fingerprint density at radius 3 is 2.88 bits per heavy atom. The smallest absolute Gasteiger partial charge is 0.353 e. The Bertz CT molecular complexity index is 943. The maximum Gasteiger partial charge on any atom is 0.408 e. The van der Waals surface area contributed by atoms with Crippen molar-refractivity contribution in [1.29, 1.82) is 0 Å². The molecule has 0 unspecified atom stereocenters. The first-order chi connectivity index (χ1) is 12.3. The molecule has 0 saturated heterocycles. The number of likely N-dealkylation sites (N-methyl/N-ethyl adjacent to an activating group) is 1. The van der Waals surface area contributed by atoms with Gasteiger partial charge in [-0.3, -0.25) is 4.68 Å². The van der Waals surface area contributed by atoms with Crippen LogP contribution in [0.15, 0.2) is 24.7 Å². The lowest BCUT2D eigenvalue weighted by Crippen LogP contribution is -2.37. The van der Waals surface area contributed by atoms with Crippen LogP contribution < -0.4 is 10.2 Å². The zero-order valence-corrected chi connectivity index (χ0v) is 14.3. The summed E-state index contributed by atoms with van der Waals surface area (Å²) in [5.74, 6) is 1.28. The monoisotopic (exact) mass is 365 g/mol. The number of rotatable bonds is 4. The lowest BCUT2D eigenvalue weighted by Gasteiger charge is -2.32. The molecule has 0 fully saturated rings. The number of nitrogens with zero attached hydrogens (tertiary/aromatic N) is 6. The standard InChI is InChI=1S/C16H18F3N7/c1-10-7-25-4-3-12-13(25)14(24(10)2)23-15(22-12)20-5-11-6-21-26(8-11)9-16(17,18)19/h3-4,6,8,10H,5,7,9H2,1-2H3,(H,20,22,23)/t10-/m0/s1. The molecule has 7 nitrogen and oxygen atoms in total. The van der Waals surface area contributed by atoms with Gasteiger partial charge in [0, 0.05) is 44.1 Å². The molecule has 4 rings (SSSR count). The highest BCUT2D eigenvalue weighted by Gasteiger charge is 2.28. The van der Waals surface area contributed by atoms with Gasteiger partial charge in [-0.1, -0.05) is 0 Å². The molecule has 0 amide bonds. The Hall–Kier alpha value is -2.78. The molecule has 4 heterocycles. The fourth-order valence-corrected chi connectivity index (χ4v) is 3.13. The van der Waals surface area contributed by atoms with Gasteiger partial charge in [-0.2, -0.15) is 23.3 Å². The molecule has 0 radical (unpaired) electrons. The first kappa shape index (κ1) is 16.7. The summed E-state index contributed by atoms with van der Waals surface area (Å²) in [6.07, 6.45) is 0.485. The van der Waals surface area contributed by atoms with Crippen molar-refractivity contribution >= 4 is 22.8 Å². The molecule has 1 atom stereocenters. The second kappa shape index (κ2) is 5.89. The van der Waals surface area contributed by atoms with Gasteiger partial charge in [0.2, 0.25) is 5.95 Å². The van der Waals surface area contributed by atoms with Crippen LogP contribution >= 0.6 is 0 Å². The highest BCUT2D eigenvalue weighted by atomic mass is 19.4. The van der Waals surface area contributed by atoms with E-state index in [4.69, 9.17) is 0 Å². The van der Waals surface area contributed by atoms with Crippen LogP contribution in [-0.2, 0) is 19.6 Å². The number of aromatic nitrogens is 5. The first-order valence-electron chi connectivity index (χ1n) is 8.22. The number of anilines is 2. The van der Waals surface area contributed by atoms with Gasteiger partial charge in [-0.05, 0) is 13.0 Å². The van der Waals surface area contributed by atoms with Gasteiger partial charge >= 0.3 is 6.18 Å². The predicted octanol–water partition coefficient (Wildman–Crippen LogP) is 2.64. The highest BCUT2D eigenvalue weighted by Crippen LogP contribution is 2.31. The Kier molecular flexibility index (Phi) is 3.78. The van der Waals surface area contributed by atoms with Crippen molar-refractivity contribution < 1.29 is 13.2 Å². The van der Waals surface area contributed by atoms with Gasteiger partial charge in [-0.25, -0.2) is 4.98 Å². The zero-order valence-electron chi connectivity index (χ0n) is 14.3. The molecule has 0 spiro atoms. The van der Waals surface area contributed by atoms with Crippen LogP contribution in [0.2, 0.25) is 0 Å². The van der Waals surface area contributed by atoms with E-state index in [2.05, 4.69) is 36.8 Å². The van der Waals surface area contributed by atoms with Crippen LogP contribution in [0, 0.1) is 0 Å². The fourth-order valence-electron chi connectivity index (χ4n) is 3.13. The fraction of sp³-hybridized carbons (Fsp3) is 0.438. The molecule has 1 aliphatic heterocycles. The molecular formula is C16H18F3N7. The molecule has 138 valence electrons. The summed E-state index contributed by atoms with van der Waals surface area (Å²) >= 11 is 0. The average Bonchev–Trinajstić information content (AvgIpc) is 3.16. The van der Waals surface area contributed by atoms with Gasteiger partial charge in [0.25, 0.3) is 0 Å². The van der Waals surface area contributed by atoms with Gasteiger partial charge in [-0.15, -0.1) is 0 Å². The number of nitrogens with one attached hydrogen (secondary N) is 1. The summed E-state index contributed by atoms with van der Waals surface area (Å²) in [5, 5.41) is 6.82. The molecule has 3 aromatic rings. The summed E-state index contributed by atoms with van der Waals surface area (Å²) in [5.41, 5.74) is 2.46. The molecule has 26 heavy (non-hydrogen) atoms. The zero-order chi connectivity index (χ0) is 18.5. The summed E-state index contributed by atoms with van der Waals surface area (Å²) in [6, 6.07) is 2.25. The van der Waals surface area contributed by atoms with Crippen LogP contribution in [0.3, 0.4) is 0 Å². The quantitative estimate of drug-likeness (QED) is 0.770. The minimum absolute atomic E-state index is 0.294. The van der Waals surface area contributed by atoms with Gasteiger partial charge in [0.15, 0.2) is 5.82 Å². The van der Waals surface area contributed by atoms with Crippen LogP contribution in [0.25, 0.3) is 11.0 Å². The van der Waals surface area contributed by atoms with Crippen LogP contribution in [0.5, 0.6) is 0 Å². The largest absolute Gasteiger partial charge is 0.408 e. The van der Waals surface area contributed by atoms with Crippen LogP contribution in [0.1, 0.15) is 12.5 Å². The lowest BCUT2D eigenvalue weighted by atomic mass is 10.2. The highest BCUT2D eigenvalue weighted by molar-refractivity contribution is 5.89. The Labute approximate surface area is 147 Å². The molecule has 1 N–H and O–H groups in total. The van der Waals surface area contributed by atoms with Crippen molar-refractivity contribution in [3.63, 3.8) is 0 Å². The van der Waals surface area contributed by atoms with E-state index in [1.165, 1.54) is 12.4 Å². The molecule has 1 aliphatic rings. The molecule has 3 aromatic heterocycles. The lowest BCUT2D eigenvalue weighted by molar-refractivity contribution is -0.142. The Morgan fingerprint density at radius 1 is 1.31 bits per heavy atom. The number of hydrogen-bond acceptors (Lipinski definition) is 5. The molecule has 0 aliphatic carbocycles. The van der Waals surface area contributed by atoms with Crippen molar-refractivity contribution in [3.05, 3.63) is 30.2 Å². The predicted molar refractivity (Wildman–Crippen MR) is 91.0 cm³/mol. The van der Waals surface area contributed by atoms with Crippen LogP contribution in [-0.4, -0.2) is 43.6 Å². The summed E-state index contributed by atoms with van der Waals surface area (Å²) in [7, 11) is 1.99. The summed E-state index contributed by atoms with van der Waals surface area (Å²) < 4.78 is 40.2. The third kappa shape index (κ3) is 3.06. The molecule has 0 saturated carbocycles. The molecule has 10 heteroatoms. The third-order valence-electron chi connectivity index (χ3n) is 4.53. The van der Waals surface area contributed by atoms with Crippen molar-refractivity contribution in [1.82, 2.24) is 24.3 Å². The number of halogens is 3. The van der Waals surface area contributed by atoms with E-state index in [-0.39, 0.29) is 0 Å². The van der Waals surface area contributed by atoms with Gasteiger partial charge < -0.3 is 14.8 Å². The van der Waals surface area contributed by atoms with Crippen molar-refractivity contribution in [2.24, 2.45) is 0 Å². The van der Waals surface area contributed by atoms with E-state index >= 15 is 0 Å². The van der Waals surface area contributed by atoms with E-state index < -0.39 is 12.7 Å². The second-order valence-electron chi connectivity index (χ2n) is 6.55. The van der Waals surface area contributed by atoms with Crippen molar-refractivity contribution in [3.8, 4) is 0 Å². The normalized spacial score (nSPS) is 17.1. The first-order valence-corrected chi connectivity index (χ1v) is 8.22. The minimum atomic E-state index is -4.29. The number of alkyl halides is 3. The molecule has 0 aromatic carbocycles. The minimum Gasteiger partial charge on any atom is -0.353 e. The van der Waals surface area contributed by atoms with Gasteiger partial charge in [0.05, 0.1) is 11.7 Å². The van der Waals surface area contributed by atoms with E-state index in [1.54, 1.807) is 0 Å². The summed E-state index contributed by atoms with van der Waals surface area (Å²) in [4.78, 5) is 11.2. The van der Waals surface area contributed by atoms with Crippen molar-refractivity contribution in [2.45, 2.75) is 38.8 Å². The SMILES string of the molecule is C[C@H]1Cn2ccc3nc(NCc4cnn(CC(F)(F)F)c4)nc(c32)N1C.